The Morgan fingerprint density at radius 3 is 2.30 bits per heavy atom. The summed E-state index contributed by atoms with van der Waals surface area (Å²) in [5.74, 6) is 0.557. The molecular formula is C15H12BrCl3O. The second kappa shape index (κ2) is 6.57. The summed E-state index contributed by atoms with van der Waals surface area (Å²) in [6.45, 7) is 1.96. The molecule has 0 aromatic heterocycles. The first kappa shape index (κ1) is 16.0. The van der Waals surface area contributed by atoms with Crippen LogP contribution in [0.4, 0.5) is 0 Å². The molecule has 0 fully saturated rings. The summed E-state index contributed by atoms with van der Waals surface area (Å²) in [6.07, 6.45) is 0. The van der Waals surface area contributed by atoms with Gasteiger partial charge in [0.05, 0.1) is 17.0 Å². The summed E-state index contributed by atoms with van der Waals surface area (Å²) in [5, 5.41) is 1.84. The Hall–Kier alpha value is -0.410. The number of hydrogen-bond donors (Lipinski definition) is 0. The Morgan fingerprint density at radius 2 is 1.70 bits per heavy atom. The van der Waals surface area contributed by atoms with E-state index < -0.39 is 0 Å². The Morgan fingerprint density at radius 1 is 1.00 bits per heavy atom. The number of ether oxygens (including phenoxy) is 1. The van der Waals surface area contributed by atoms with Crippen molar-refractivity contribution in [1.29, 1.82) is 0 Å². The van der Waals surface area contributed by atoms with E-state index in [9.17, 15) is 0 Å². The Labute approximate surface area is 141 Å². The number of methoxy groups -OCH3 is 1. The van der Waals surface area contributed by atoms with Crippen LogP contribution in [0, 0.1) is 6.92 Å². The number of alkyl halides is 1. The SMILES string of the molecule is COc1cc(Cl)c(C(Br)c2ccc(C)c(Cl)c2)cc1Cl. The third kappa shape index (κ3) is 3.25. The van der Waals surface area contributed by atoms with Gasteiger partial charge in [-0.25, -0.2) is 0 Å². The lowest BCUT2D eigenvalue weighted by Gasteiger charge is -2.15. The molecule has 2 rings (SSSR count). The molecule has 0 N–H and O–H groups in total. The summed E-state index contributed by atoms with van der Waals surface area (Å²) in [5.41, 5.74) is 2.93. The van der Waals surface area contributed by atoms with Gasteiger partial charge < -0.3 is 4.74 Å². The van der Waals surface area contributed by atoms with E-state index in [0.29, 0.717) is 15.8 Å². The lowest BCUT2D eigenvalue weighted by Crippen LogP contribution is -1.96. The molecule has 0 amide bonds. The van der Waals surface area contributed by atoms with E-state index in [1.165, 1.54) is 0 Å². The zero-order valence-corrected chi connectivity index (χ0v) is 14.7. The topological polar surface area (TPSA) is 9.23 Å². The van der Waals surface area contributed by atoms with Crippen molar-refractivity contribution >= 4 is 50.7 Å². The van der Waals surface area contributed by atoms with Crippen molar-refractivity contribution < 1.29 is 4.74 Å². The maximum Gasteiger partial charge on any atom is 0.138 e. The van der Waals surface area contributed by atoms with E-state index in [1.54, 1.807) is 19.2 Å². The first-order valence-corrected chi connectivity index (χ1v) is 7.92. The summed E-state index contributed by atoms with van der Waals surface area (Å²) in [7, 11) is 1.56. The molecule has 20 heavy (non-hydrogen) atoms. The van der Waals surface area contributed by atoms with E-state index in [0.717, 1.165) is 21.7 Å². The predicted octanol–water partition coefficient (Wildman–Crippen LogP) is 6.45. The average Bonchev–Trinajstić information content (AvgIpc) is 2.43. The van der Waals surface area contributed by atoms with Crippen LogP contribution in [0.2, 0.25) is 15.1 Å². The maximum absolute atomic E-state index is 6.29. The second-order valence-corrected chi connectivity index (χ2v) is 6.52. The van der Waals surface area contributed by atoms with Gasteiger partial charge in [0.15, 0.2) is 0 Å². The minimum Gasteiger partial charge on any atom is -0.495 e. The molecule has 1 nitrogen and oxygen atoms in total. The third-order valence-electron chi connectivity index (χ3n) is 3.03. The van der Waals surface area contributed by atoms with Gasteiger partial charge in [0.25, 0.3) is 0 Å². The molecule has 0 spiro atoms. The van der Waals surface area contributed by atoms with Gasteiger partial charge in [0.1, 0.15) is 5.75 Å². The number of hydrogen-bond acceptors (Lipinski definition) is 1. The maximum atomic E-state index is 6.29. The van der Waals surface area contributed by atoms with Crippen molar-refractivity contribution in [3.63, 3.8) is 0 Å². The third-order valence-corrected chi connectivity index (χ3v) is 5.08. The predicted molar refractivity (Wildman–Crippen MR) is 90.0 cm³/mol. The summed E-state index contributed by atoms with van der Waals surface area (Å²) < 4.78 is 5.15. The van der Waals surface area contributed by atoms with Crippen molar-refractivity contribution in [1.82, 2.24) is 0 Å². The van der Waals surface area contributed by atoms with Crippen molar-refractivity contribution in [2.45, 2.75) is 11.8 Å². The molecule has 0 saturated carbocycles. The molecule has 106 valence electrons. The van der Waals surface area contributed by atoms with Gasteiger partial charge in [-0.2, -0.15) is 0 Å². The van der Waals surface area contributed by atoms with Crippen molar-refractivity contribution in [2.24, 2.45) is 0 Å². The first-order valence-electron chi connectivity index (χ1n) is 5.87. The quantitative estimate of drug-likeness (QED) is 0.544. The molecule has 0 aliphatic rings. The number of benzene rings is 2. The second-order valence-electron chi connectivity index (χ2n) is 4.38. The van der Waals surface area contributed by atoms with E-state index in [2.05, 4.69) is 15.9 Å². The molecule has 0 saturated heterocycles. The minimum absolute atomic E-state index is 0.0866. The lowest BCUT2D eigenvalue weighted by atomic mass is 10.0. The lowest BCUT2D eigenvalue weighted by molar-refractivity contribution is 0.415. The molecule has 0 heterocycles. The summed E-state index contributed by atoms with van der Waals surface area (Å²) in [4.78, 5) is -0.0866. The van der Waals surface area contributed by atoms with Crippen LogP contribution in [0.15, 0.2) is 30.3 Å². The van der Waals surface area contributed by atoms with E-state index in [4.69, 9.17) is 39.5 Å². The Balaban J connectivity index is 2.45. The summed E-state index contributed by atoms with van der Waals surface area (Å²) in [6, 6.07) is 9.42. The van der Waals surface area contributed by atoms with E-state index in [-0.39, 0.29) is 4.83 Å². The van der Waals surface area contributed by atoms with Crippen LogP contribution < -0.4 is 4.74 Å². The number of aryl methyl sites for hydroxylation is 1. The van der Waals surface area contributed by atoms with Gasteiger partial charge in [0, 0.05) is 16.1 Å². The molecule has 0 radical (unpaired) electrons. The molecule has 0 aliphatic carbocycles. The molecule has 2 aromatic carbocycles. The fraction of sp³-hybridized carbons (Fsp3) is 0.200. The Bertz CT molecular complexity index is 643. The van der Waals surface area contributed by atoms with E-state index >= 15 is 0 Å². The molecule has 1 atom stereocenters. The van der Waals surface area contributed by atoms with Gasteiger partial charge in [0.2, 0.25) is 0 Å². The fourth-order valence-electron chi connectivity index (χ4n) is 1.84. The monoisotopic (exact) mass is 392 g/mol. The van der Waals surface area contributed by atoms with Crippen LogP contribution >= 0.6 is 50.7 Å². The van der Waals surface area contributed by atoms with Crippen LogP contribution in [-0.4, -0.2) is 7.11 Å². The van der Waals surface area contributed by atoms with Gasteiger partial charge in [-0.3, -0.25) is 0 Å². The van der Waals surface area contributed by atoms with E-state index in [1.807, 2.05) is 25.1 Å². The van der Waals surface area contributed by atoms with Gasteiger partial charge in [-0.05, 0) is 35.7 Å². The smallest absolute Gasteiger partial charge is 0.138 e. The summed E-state index contributed by atoms with van der Waals surface area (Å²) >= 11 is 22.3. The molecule has 2 aromatic rings. The average molecular weight is 395 g/mol. The van der Waals surface area contributed by atoms with Crippen LogP contribution in [0.3, 0.4) is 0 Å². The van der Waals surface area contributed by atoms with Gasteiger partial charge >= 0.3 is 0 Å². The highest BCUT2D eigenvalue weighted by Crippen LogP contribution is 2.40. The largest absolute Gasteiger partial charge is 0.495 e. The number of rotatable bonds is 3. The van der Waals surface area contributed by atoms with Crippen LogP contribution in [0.1, 0.15) is 21.5 Å². The molecule has 0 aliphatic heterocycles. The molecule has 5 heteroatoms. The molecular weight excluding hydrogens is 382 g/mol. The fourth-order valence-corrected chi connectivity index (χ4v) is 3.34. The normalized spacial score (nSPS) is 12.3. The van der Waals surface area contributed by atoms with Crippen LogP contribution in [0.5, 0.6) is 5.75 Å². The highest BCUT2D eigenvalue weighted by molar-refractivity contribution is 9.09. The molecule has 0 bridgehead atoms. The van der Waals surface area contributed by atoms with Crippen LogP contribution in [-0.2, 0) is 0 Å². The van der Waals surface area contributed by atoms with Crippen LogP contribution in [0.25, 0.3) is 0 Å². The van der Waals surface area contributed by atoms with Crippen molar-refractivity contribution in [3.8, 4) is 5.75 Å². The van der Waals surface area contributed by atoms with Gasteiger partial charge in [-0.15, -0.1) is 0 Å². The van der Waals surface area contributed by atoms with Crippen molar-refractivity contribution in [3.05, 3.63) is 62.1 Å². The Kier molecular flexibility index (Phi) is 5.25. The molecule has 1 unspecified atom stereocenters. The van der Waals surface area contributed by atoms with Gasteiger partial charge in [-0.1, -0.05) is 62.9 Å². The zero-order chi connectivity index (χ0) is 14.9. The highest BCUT2D eigenvalue weighted by atomic mass is 79.9. The zero-order valence-electron chi connectivity index (χ0n) is 10.9. The van der Waals surface area contributed by atoms with Crippen molar-refractivity contribution in [2.75, 3.05) is 7.11 Å². The number of halogens is 4. The minimum atomic E-state index is -0.0866. The highest BCUT2D eigenvalue weighted by Gasteiger charge is 2.17. The standard InChI is InChI=1S/C15H12BrCl3O/c1-8-3-4-9(5-11(8)17)15(16)10-6-13(19)14(20-2)7-12(10)18/h3-7,15H,1-2H3. The first-order chi connectivity index (χ1) is 9.43.